The van der Waals surface area contributed by atoms with Gasteiger partial charge in [-0.2, -0.15) is 0 Å². The van der Waals surface area contributed by atoms with Crippen molar-refractivity contribution in [2.75, 3.05) is 0 Å². The summed E-state index contributed by atoms with van der Waals surface area (Å²) in [6.45, 7) is 0. The van der Waals surface area contributed by atoms with Gasteiger partial charge in [0.2, 0.25) is 0 Å². The monoisotopic (exact) mass is 1230 g/mol. The van der Waals surface area contributed by atoms with Gasteiger partial charge in [0, 0.05) is 66.6 Å². The molecule has 0 atom stereocenters. The molecule has 4 aliphatic carbocycles. The number of nitrogens with one attached hydrogen (secondary N) is 2. The molecule has 0 saturated carbocycles. The minimum Gasteiger partial charge on any atom is -0.354 e. The molecule has 0 fully saturated rings. The maximum Gasteiger partial charge on any atom is 0.156 e. The number of hydrogen-bond acceptors (Lipinski definition) is 10. The van der Waals surface area contributed by atoms with E-state index in [1.54, 1.807) is 18.7 Å². The largest absolute Gasteiger partial charge is 0.354 e. The molecule has 2 aliphatic heterocycles. The fraction of sp³-hybridized carbons (Fsp3) is 0.0500. The minimum atomic E-state index is 0.000446. The molecule has 16 heteroatoms. The summed E-state index contributed by atoms with van der Waals surface area (Å²) < 4.78 is 7.12. The summed E-state index contributed by atoms with van der Waals surface area (Å²) in [6, 6.07) is 41.0. The summed E-state index contributed by atoms with van der Waals surface area (Å²) >= 11 is 0. The Morgan fingerprint density at radius 3 is 0.750 bits per heavy atom. The number of fused-ring (bicyclic) bond motifs is 8. The molecule has 4 aromatic carbocycles. The minimum absolute atomic E-state index is 0.000446. The number of aromatic nitrogens is 16. The van der Waals surface area contributed by atoms with E-state index >= 15 is 0 Å². The molecule has 0 unspecified atom stereocenters. The van der Waals surface area contributed by atoms with Gasteiger partial charge in [0.05, 0.1) is 94.0 Å². The van der Waals surface area contributed by atoms with Crippen molar-refractivity contribution in [1.29, 1.82) is 0 Å². The molecule has 0 spiro atoms. The maximum atomic E-state index is 5.73. The Morgan fingerprint density at radius 2 is 0.510 bits per heavy atom. The van der Waals surface area contributed by atoms with Crippen LogP contribution < -0.4 is 0 Å². The van der Waals surface area contributed by atoms with Gasteiger partial charge >= 0.3 is 0 Å². The van der Waals surface area contributed by atoms with Crippen molar-refractivity contribution in [2.24, 2.45) is 23.7 Å². The molecule has 9 heterocycles. The van der Waals surface area contributed by atoms with Crippen molar-refractivity contribution in [3.05, 3.63) is 289 Å². The van der Waals surface area contributed by atoms with E-state index in [2.05, 4.69) is 199 Å². The third-order valence-electron chi connectivity index (χ3n) is 16.9. The van der Waals surface area contributed by atoms with E-state index in [4.69, 9.17) is 30.8 Å². The number of hydrogen-bond donors (Lipinski definition) is 2. The summed E-state index contributed by atoms with van der Waals surface area (Å²) in [6.07, 6.45) is 48.2. The molecule has 17 rings (SSSR count). The van der Waals surface area contributed by atoms with E-state index in [-0.39, 0.29) is 23.7 Å². The molecule has 7 aromatic heterocycles. The SMILES string of the molecule is C(#CC1C=CC=C1)c1cn(-c2ccccc2-c2c3nc(c(-c4ccccc4-n4cc(C#CC5C=CC=C5)nn4)c4ccc([nH]4)c(-c4ccccc4-n4cc(C#CC5C=CC=C5)nn4)c4nc(c(-c5ccccc5-n5cc(C#CC6C=CC=C6)nn5)c5ccc2[nH]5)C=C4)C=C3)nn1. The first-order chi connectivity index (χ1) is 47.5. The molecule has 2 N–H and O–H groups in total. The molecule has 8 bridgehead atoms. The third kappa shape index (κ3) is 11.0. The van der Waals surface area contributed by atoms with Crippen molar-refractivity contribution in [2.45, 2.75) is 0 Å². The van der Waals surface area contributed by atoms with Crippen LogP contribution in [0.3, 0.4) is 0 Å². The lowest BCUT2D eigenvalue weighted by molar-refractivity contribution is 0.803. The van der Waals surface area contributed by atoms with Crippen LogP contribution in [0.15, 0.2) is 243 Å². The molecule has 0 saturated heterocycles. The molecule has 0 radical (unpaired) electrons. The van der Waals surface area contributed by atoms with E-state index in [9.17, 15) is 0 Å². The number of rotatable bonds is 8. The Balaban J connectivity index is 0.936. The Kier molecular flexibility index (Phi) is 14.3. The highest BCUT2D eigenvalue weighted by Crippen LogP contribution is 2.42. The summed E-state index contributed by atoms with van der Waals surface area (Å²) in [5, 5.41) is 37.0. The summed E-state index contributed by atoms with van der Waals surface area (Å²) in [5.74, 6) is 26.2. The second-order valence-corrected chi connectivity index (χ2v) is 23.0. The van der Waals surface area contributed by atoms with E-state index in [1.807, 2.05) is 146 Å². The highest BCUT2D eigenvalue weighted by atomic mass is 15.4. The highest BCUT2D eigenvalue weighted by molar-refractivity contribution is 6.02. The maximum absolute atomic E-state index is 5.73. The summed E-state index contributed by atoms with van der Waals surface area (Å²) in [4.78, 5) is 19.4. The molecule has 0 amide bonds. The number of nitrogens with zero attached hydrogens (tertiary/aromatic N) is 14. The molecule has 96 heavy (non-hydrogen) atoms. The molecule has 6 aliphatic rings. The zero-order valence-corrected chi connectivity index (χ0v) is 51.0. The topological polar surface area (TPSA) is 180 Å². The van der Waals surface area contributed by atoms with Gasteiger partial charge < -0.3 is 9.97 Å². The van der Waals surface area contributed by atoms with Crippen LogP contribution in [0.4, 0.5) is 0 Å². The smallest absolute Gasteiger partial charge is 0.156 e. The van der Waals surface area contributed by atoms with E-state index < -0.39 is 0 Å². The van der Waals surface area contributed by atoms with Gasteiger partial charge in [0.15, 0.2) is 22.8 Å². The van der Waals surface area contributed by atoms with Crippen molar-refractivity contribution in [3.8, 4) is 115 Å². The average molecular weight is 1240 g/mol. The lowest BCUT2D eigenvalue weighted by Gasteiger charge is -2.12. The van der Waals surface area contributed by atoms with E-state index in [0.29, 0.717) is 45.6 Å². The highest BCUT2D eigenvalue weighted by Gasteiger charge is 2.25. The van der Waals surface area contributed by atoms with Gasteiger partial charge in [-0.15, -0.1) is 20.4 Å². The fourth-order valence-corrected chi connectivity index (χ4v) is 12.4. The van der Waals surface area contributed by atoms with Crippen LogP contribution in [0.25, 0.3) is 114 Å². The van der Waals surface area contributed by atoms with Gasteiger partial charge in [-0.3, -0.25) is 0 Å². The van der Waals surface area contributed by atoms with Gasteiger partial charge in [-0.05, 0) is 96.5 Å². The number of para-hydroxylation sites is 4. The zero-order valence-electron chi connectivity index (χ0n) is 51.0. The molecular weight excluding hydrogens is 1180 g/mol. The quantitative estimate of drug-likeness (QED) is 0.139. The van der Waals surface area contributed by atoms with E-state index in [0.717, 1.165) is 89.3 Å². The predicted octanol–water partition coefficient (Wildman–Crippen LogP) is 14.0. The van der Waals surface area contributed by atoms with Crippen molar-refractivity contribution in [1.82, 2.24) is 79.9 Å². The Bertz CT molecular complexity index is 5070. The van der Waals surface area contributed by atoms with Crippen LogP contribution >= 0.6 is 0 Å². The first kappa shape index (κ1) is 56.2. The van der Waals surface area contributed by atoms with Crippen LogP contribution in [0, 0.1) is 71.0 Å². The van der Waals surface area contributed by atoms with Gasteiger partial charge in [0.1, 0.15) is 0 Å². The Morgan fingerprint density at radius 1 is 0.281 bits per heavy atom. The van der Waals surface area contributed by atoms with Gasteiger partial charge in [0.25, 0.3) is 0 Å². The number of benzene rings is 4. The van der Waals surface area contributed by atoms with Crippen LogP contribution in [-0.4, -0.2) is 79.9 Å². The van der Waals surface area contributed by atoms with Crippen LogP contribution in [0.1, 0.15) is 45.6 Å². The number of aromatic amines is 2. The Hall–Kier alpha value is -13.8. The van der Waals surface area contributed by atoms with Crippen LogP contribution in [0.2, 0.25) is 0 Å². The fourth-order valence-electron chi connectivity index (χ4n) is 12.4. The molecule has 450 valence electrons. The summed E-state index contributed by atoms with van der Waals surface area (Å²) in [5.41, 5.74) is 17.5. The second-order valence-electron chi connectivity index (χ2n) is 23.0. The van der Waals surface area contributed by atoms with Gasteiger partial charge in [-0.25, -0.2) is 28.7 Å². The molecule has 16 nitrogen and oxygen atoms in total. The summed E-state index contributed by atoms with van der Waals surface area (Å²) in [7, 11) is 0. The van der Waals surface area contributed by atoms with Crippen LogP contribution in [-0.2, 0) is 0 Å². The lowest BCUT2D eigenvalue weighted by Crippen LogP contribution is -2.00. The average Bonchev–Trinajstić information content (AvgIpc) is 1.60. The van der Waals surface area contributed by atoms with Crippen molar-refractivity contribution in [3.63, 3.8) is 0 Å². The normalized spacial score (nSPS) is 14.2. The Labute approximate surface area is 550 Å². The zero-order chi connectivity index (χ0) is 63.7. The lowest BCUT2D eigenvalue weighted by atomic mass is 10.0. The number of H-pyrrole nitrogens is 2. The van der Waals surface area contributed by atoms with Gasteiger partial charge in [-0.1, -0.05) is 215 Å². The number of allylic oxidation sites excluding steroid dienone is 16. The van der Waals surface area contributed by atoms with E-state index in [1.165, 1.54) is 0 Å². The standard InChI is InChI=1S/C80H50N16/c1-2-18-53(17-1)33-37-57-49-93(89-85-57)73-29-13-9-25-61(73)77-65-41-43-67(81-65)78(62-26-10-14-30-74(62)94-50-58(86-90-94)38-34-54-19-3-4-20-54)69-45-47-71(83-69)80(64-28-12-16-32-76(64)96-52-60(88-92-96)40-36-56-23-7-8-24-56)72-48-46-70(84-72)79(68-44-42-66(77)82-68)63-27-11-15-31-75(63)95-51-59(87-91-95)39-35-55-21-5-6-22-55/h1-32,41-56,81,84H. The first-order valence-corrected chi connectivity index (χ1v) is 31.2. The second kappa shape index (κ2) is 24.4. The predicted molar refractivity (Wildman–Crippen MR) is 375 cm³/mol. The molecular formula is C80H50N16. The van der Waals surface area contributed by atoms with Crippen molar-refractivity contribution >= 4 is 46.4 Å². The van der Waals surface area contributed by atoms with Crippen LogP contribution in [0.5, 0.6) is 0 Å². The van der Waals surface area contributed by atoms with Crippen molar-refractivity contribution < 1.29 is 0 Å². The molecule has 11 aromatic rings. The third-order valence-corrected chi connectivity index (χ3v) is 16.9. The first-order valence-electron chi connectivity index (χ1n) is 31.2.